The van der Waals surface area contributed by atoms with Crippen molar-refractivity contribution in [2.24, 2.45) is 0 Å². The molecule has 4 nitrogen and oxygen atoms in total. The molecule has 0 saturated carbocycles. The third-order valence-electron chi connectivity index (χ3n) is 4.74. The summed E-state index contributed by atoms with van der Waals surface area (Å²) in [6, 6.07) is 13.7. The molecule has 1 unspecified atom stereocenters. The van der Waals surface area contributed by atoms with Gasteiger partial charge in [0.1, 0.15) is 11.2 Å². The van der Waals surface area contributed by atoms with E-state index in [1.807, 2.05) is 24.3 Å². The average Bonchev–Trinajstić information content (AvgIpc) is 3.07. The average molecular weight is 401 g/mol. The maximum atomic E-state index is 14.3. The lowest BCUT2D eigenvalue weighted by molar-refractivity contribution is -0.116. The molecule has 1 fully saturated rings. The van der Waals surface area contributed by atoms with Crippen LogP contribution in [0.1, 0.15) is 50.0 Å². The van der Waals surface area contributed by atoms with E-state index < -0.39 is 5.82 Å². The number of benzene rings is 2. The number of thioether (sulfide) groups is 1. The number of nitrogens with one attached hydrogen (secondary N) is 1. The Balaban J connectivity index is 1.80. The van der Waals surface area contributed by atoms with E-state index in [9.17, 15) is 14.0 Å². The number of unbranched alkanes of at least 4 members (excludes halogenated alkanes) is 3. The number of anilines is 2. The molecule has 0 aliphatic carbocycles. The van der Waals surface area contributed by atoms with Crippen LogP contribution in [0, 0.1) is 5.82 Å². The van der Waals surface area contributed by atoms with Crippen molar-refractivity contribution in [1.82, 2.24) is 0 Å². The number of carbonyl (C=O) groups excluding carboxylic acids is 2. The highest BCUT2D eigenvalue weighted by Gasteiger charge is 2.36. The van der Waals surface area contributed by atoms with E-state index in [0.29, 0.717) is 12.1 Å². The second kappa shape index (κ2) is 9.73. The van der Waals surface area contributed by atoms with E-state index in [-0.39, 0.29) is 28.6 Å². The summed E-state index contributed by atoms with van der Waals surface area (Å²) >= 11 is 1.44. The fraction of sp³-hybridized carbons (Fsp3) is 0.364. The normalized spacial score (nSPS) is 16.4. The van der Waals surface area contributed by atoms with Gasteiger partial charge in [0.05, 0.1) is 11.4 Å². The van der Waals surface area contributed by atoms with Gasteiger partial charge in [0, 0.05) is 17.7 Å². The molecule has 6 heteroatoms. The van der Waals surface area contributed by atoms with Gasteiger partial charge in [-0.1, -0.05) is 56.5 Å². The quantitative estimate of drug-likeness (QED) is 0.594. The van der Waals surface area contributed by atoms with Crippen molar-refractivity contribution in [3.8, 4) is 0 Å². The van der Waals surface area contributed by atoms with Gasteiger partial charge in [-0.05, 0) is 24.6 Å². The van der Waals surface area contributed by atoms with E-state index in [1.165, 1.54) is 22.7 Å². The first-order valence-electron chi connectivity index (χ1n) is 9.68. The minimum Gasteiger partial charge on any atom is -0.326 e. The summed E-state index contributed by atoms with van der Waals surface area (Å²) in [5.41, 5.74) is 1.75. The van der Waals surface area contributed by atoms with Gasteiger partial charge in [-0.2, -0.15) is 0 Å². The zero-order valence-corrected chi connectivity index (χ0v) is 16.8. The Morgan fingerprint density at radius 1 is 1.14 bits per heavy atom. The van der Waals surface area contributed by atoms with Crippen molar-refractivity contribution in [1.29, 1.82) is 0 Å². The van der Waals surface area contributed by atoms with Crippen LogP contribution in [0.5, 0.6) is 0 Å². The third kappa shape index (κ3) is 4.73. The molecular formula is C22H25FN2O2S. The Kier molecular flexibility index (Phi) is 7.09. The van der Waals surface area contributed by atoms with Crippen molar-refractivity contribution >= 4 is 35.0 Å². The Morgan fingerprint density at radius 3 is 2.68 bits per heavy atom. The lowest BCUT2D eigenvalue weighted by atomic mass is 10.1. The molecule has 2 aromatic carbocycles. The Bertz CT molecular complexity index is 843. The monoisotopic (exact) mass is 400 g/mol. The molecule has 0 spiro atoms. The van der Waals surface area contributed by atoms with Gasteiger partial charge in [0.2, 0.25) is 11.8 Å². The van der Waals surface area contributed by atoms with Crippen molar-refractivity contribution in [2.45, 2.75) is 44.4 Å². The van der Waals surface area contributed by atoms with Crippen molar-refractivity contribution in [2.75, 3.05) is 16.0 Å². The highest BCUT2D eigenvalue weighted by Crippen LogP contribution is 2.44. The summed E-state index contributed by atoms with van der Waals surface area (Å²) < 4.78 is 14.3. The number of rotatable bonds is 8. The van der Waals surface area contributed by atoms with Crippen molar-refractivity contribution in [3.63, 3.8) is 0 Å². The lowest BCUT2D eigenvalue weighted by Crippen LogP contribution is -2.29. The van der Waals surface area contributed by atoms with E-state index >= 15 is 0 Å². The summed E-state index contributed by atoms with van der Waals surface area (Å²) in [6.07, 6.45) is 4.63. The number of hydrogen-bond donors (Lipinski definition) is 1. The van der Waals surface area contributed by atoms with Gasteiger partial charge < -0.3 is 5.32 Å². The van der Waals surface area contributed by atoms with Crippen LogP contribution in [-0.2, 0) is 9.59 Å². The summed E-state index contributed by atoms with van der Waals surface area (Å²) in [7, 11) is 0. The molecule has 1 aliphatic heterocycles. The molecule has 1 N–H and O–H groups in total. The smallest absolute Gasteiger partial charge is 0.238 e. The van der Waals surface area contributed by atoms with Crippen LogP contribution in [0.25, 0.3) is 0 Å². The van der Waals surface area contributed by atoms with E-state index in [4.69, 9.17) is 0 Å². The molecule has 2 aromatic rings. The van der Waals surface area contributed by atoms with E-state index in [0.717, 1.165) is 31.2 Å². The Hall–Kier alpha value is -2.34. The minimum atomic E-state index is -0.430. The molecule has 0 aromatic heterocycles. The SMILES string of the molecule is CCCCCCC(=O)Nc1ccccc1C1SCC(=O)N1c1ccccc1F. The standard InChI is InChI=1S/C22H25FN2O2S/c1-2-3-4-5-14-20(26)24-18-12-8-6-10-16(18)22-25(21(27)15-28-22)19-13-9-7-11-17(19)23/h6-13,22H,2-5,14-15H2,1H3,(H,24,26). The van der Waals surface area contributed by atoms with Gasteiger partial charge in [0.15, 0.2) is 0 Å². The predicted molar refractivity (Wildman–Crippen MR) is 113 cm³/mol. The zero-order chi connectivity index (χ0) is 19.9. The van der Waals surface area contributed by atoms with Gasteiger partial charge in [-0.15, -0.1) is 11.8 Å². The topological polar surface area (TPSA) is 49.4 Å². The first kappa shape index (κ1) is 20.4. The maximum Gasteiger partial charge on any atom is 0.238 e. The molecule has 1 aliphatic rings. The molecule has 1 heterocycles. The van der Waals surface area contributed by atoms with Crippen LogP contribution in [0.4, 0.5) is 15.8 Å². The lowest BCUT2D eigenvalue weighted by Gasteiger charge is -2.26. The van der Waals surface area contributed by atoms with Gasteiger partial charge in [-0.3, -0.25) is 14.5 Å². The number of hydrogen-bond acceptors (Lipinski definition) is 3. The molecule has 1 atom stereocenters. The molecule has 0 bridgehead atoms. The number of amides is 2. The van der Waals surface area contributed by atoms with Gasteiger partial charge in [0.25, 0.3) is 0 Å². The molecule has 0 radical (unpaired) electrons. The van der Waals surface area contributed by atoms with Crippen LogP contribution in [-0.4, -0.2) is 17.6 Å². The number of para-hydroxylation sites is 2. The summed E-state index contributed by atoms with van der Waals surface area (Å²) in [6.45, 7) is 2.14. The summed E-state index contributed by atoms with van der Waals surface area (Å²) in [5, 5.41) is 2.61. The van der Waals surface area contributed by atoms with E-state index in [2.05, 4.69) is 12.2 Å². The number of nitrogens with zero attached hydrogens (tertiary/aromatic N) is 1. The Labute approximate surface area is 169 Å². The fourth-order valence-electron chi connectivity index (χ4n) is 3.31. The fourth-order valence-corrected chi connectivity index (χ4v) is 4.52. The minimum absolute atomic E-state index is 0.0321. The number of carbonyl (C=O) groups is 2. The van der Waals surface area contributed by atoms with Crippen molar-refractivity contribution < 1.29 is 14.0 Å². The Morgan fingerprint density at radius 2 is 1.89 bits per heavy atom. The summed E-state index contributed by atoms with van der Waals surface area (Å²) in [4.78, 5) is 26.3. The third-order valence-corrected chi connectivity index (χ3v) is 5.93. The van der Waals surface area contributed by atoms with Crippen LogP contribution < -0.4 is 10.2 Å². The predicted octanol–water partition coefficient (Wildman–Crippen LogP) is 5.51. The van der Waals surface area contributed by atoms with Gasteiger partial charge in [-0.25, -0.2) is 4.39 Å². The second-order valence-electron chi connectivity index (χ2n) is 6.82. The molecule has 2 amide bonds. The van der Waals surface area contributed by atoms with Crippen LogP contribution in [0.15, 0.2) is 48.5 Å². The van der Waals surface area contributed by atoms with Gasteiger partial charge >= 0.3 is 0 Å². The van der Waals surface area contributed by atoms with Crippen LogP contribution in [0.2, 0.25) is 0 Å². The molecule has 148 valence electrons. The second-order valence-corrected chi connectivity index (χ2v) is 7.89. The zero-order valence-electron chi connectivity index (χ0n) is 16.0. The van der Waals surface area contributed by atoms with E-state index in [1.54, 1.807) is 18.2 Å². The highest BCUT2D eigenvalue weighted by molar-refractivity contribution is 8.00. The molecule has 28 heavy (non-hydrogen) atoms. The maximum absolute atomic E-state index is 14.3. The number of halogens is 1. The molecule has 1 saturated heterocycles. The first-order valence-corrected chi connectivity index (χ1v) is 10.7. The van der Waals surface area contributed by atoms with Crippen LogP contribution >= 0.6 is 11.8 Å². The summed E-state index contributed by atoms with van der Waals surface area (Å²) in [5.74, 6) is -0.324. The highest BCUT2D eigenvalue weighted by atomic mass is 32.2. The largest absolute Gasteiger partial charge is 0.326 e. The van der Waals surface area contributed by atoms with Crippen molar-refractivity contribution in [3.05, 3.63) is 59.9 Å². The molecule has 3 rings (SSSR count). The molecular weight excluding hydrogens is 375 g/mol. The van der Waals surface area contributed by atoms with Crippen LogP contribution in [0.3, 0.4) is 0 Å². The first-order chi connectivity index (χ1) is 13.6.